The van der Waals surface area contributed by atoms with Crippen molar-refractivity contribution in [2.75, 3.05) is 5.32 Å². The summed E-state index contributed by atoms with van der Waals surface area (Å²) in [6.45, 7) is 0. The molecule has 0 atom stereocenters. The molecule has 0 unspecified atom stereocenters. The number of nitrogens with one attached hydrogen (secondary N) is 1. The summed E-state index contributed by atoms with van der Waals surface area (Å²) >= 11 is 5.77. The van der Waals surface area contributed by atoms with Crippen LogP contribution in [0.1, 0.15) is 10.4 Å². The first kappa shape index (κ1) is 19.3. The number of nitro groups is 1. The van der Waals surface area contributed by atoms with Crippen LogP contribution in [-0.2, 0) is 0 Å². The van der Waals surface area contributed by atoms with Gasteiger partial charge in [0.2, 0.25) is 0 Å². The van der Waals surface area contributed by atoms with Crippen LogP contribution < -0.4 is 10.1 Å². The number of ether oxygens (including phenoxy) is 1. The molecule has 0 saturated carbocycles. The summed E-state index contributed by atoms with van der Waals surface area (Å²) in [6, 6.07) is 18.0. The van der Waals surface area contributed by atoms with Gasteiger partial charge in [-0.15, -0.1) is 0 Å². The highest BCUT2D eigenvalue weighted by Gasteiger charge is 2.17. The number of halogens is 1. The lowest BCUT2D eigenvalue weighted by molar-refractivity contribution is -0.384. The van der Waals surface area contributed by atoms with Gasteiger partial charge in [0.1, 0.15) is 22.9 Å². The topological polar surface area (TPSA) is 107 Å². The van der Waals surface area contributed by atoms with Crippen molar-refractivity contribution in [1.82, 2.24) is 9.97 Å². The zero-order valence-corrected chi connectivity index (χ0v) is 16.0. The van der Waals surface area contributed by atoms with Gasteiger partial charge in [0.15, 0.2) is 0 Å². The van der Waals surface area contributed by atoms with Crippen LogP contribution >= 0.6 is 11.6 Å². The Bertz CT molecular complexity index is 1260. The summed E-state index contributed by atoms with van der Waals surface area (Å²) in [5, 5.41) is 15.0. The number of fused-ring (bicyclic) bond motifs is 1. The second kappa shape index (κ2) is 8.14. The monoisotopic (exact) mass is 420 g/mol. The van der Waals surface area contributed by atoms with E-state index >= 15 is 0 Å². The maximum absolute atomic E-state index is 12.3. The molecule has 9 heteroatoms. The first-order valence-corrected chi connectivity index (χ1v) is 9.12. The summed E-state index contributed by atoms with van der Waals surface area (Å²) in [5.74, 6) is 0.215. The minimum Gasteiger partial charge on any atom is -0.423 e. The van der Waals surface area contributed by atoms with Crippen molar-refractivity contribution in [1.29, 1.82) is 0 Å². The van der Waals surface area contributed by atoms with E-state index in [-0.39, 0.29) is 22.0 Å². The molecule has 0 fully saturated rings. The van der Waals surface area contributed by atoms with Crippen LogP contribution in [0.25, 0.3) is 10.9 Å². The van der Waals surface area contributed by atoms with E-state index in [1.807, 2.05) is 24.3 Å². The molecule has 3 aromatic carbocycles. The number of aromatic nitrogens is 2. The summed E-state index contributed by atoms with van der Waals surface area (Å²) in [6.07, 6.45) is 1.48. The molecular formula is C21H13ClN4O4. The Morgan fingerprint density at radius 1 is 1.03 bits per heavy atom. The molecule has 0 bridgehead atoms. The molecule has 0 aliphatic rings. The third kappa shape index (κ3) is 4.03. The van der Waals surface area contributed by atoms with E-state index < -0.39 is 10.9 Å². The van der Waals surface area contributed by atoms with Crippen LogP contribution in [0.4, 0.5) is 17.2 Å². The first-order chi connectivity index (χ1) is 14.5. The van der Waals surface area contributed by atoms with Gasteiger partial charge in [0, 0.05) is 17.1 Å². The summed E-state index contributed by atoms with van der Waals surface area (Å²) in [5.41, 5.74) is 1.22. The van der Waals surface area contributed by atoms with Gasteiger partial charge in [-0.2, -0.15) is 0 Å². The normalized spacial score (nSPS) is 10.6. The average molecular weight is 421 g/mol. The van der Waals surface area contributed by atoms with E-state index in [2.05, 4.69) is 15.3 Å². The van der Waals surface area contributed by atoms with Crippen molar-refractivity contribution in [3.8, 4) is 5.75 Å². The zero-order valence-electron chi connectivity index (χ0n) is 15.3. The smallest absolute Gasteiger partial charge is 0.343 e. The van der Waals surface area contributed by atoms with Crippen molar-refractivity contribution in [3.63, 3.8) is 0 Å². The highest BCUT2D eigenvalue weighted by Crippen LogP contribution is 2.27. The molecule has 8 nitrogen and oxygen atoms in total. The molecule has 1 heterocycles. The standard InChI is InChI=1S/C21H13ClN4O4/c22-17-10-5-13(11-19(17)26(28)29)21(27)30-15-8-6-14(7-9-15)25-20-16-3-1-2-4-18(16)23-12-24-20/h1-12H,(H,23,24,25). The lowest BCUT2D eigenvalue weighted by atomic mass is 10.2. The molecular weight excluding hydrogens is 408 g/mol. The van der Waals surface area contributed by atoms with Gasteiger partial charge in [0.05, 0.1) is 16.0 Å². The molecule has 1 N–H and O–H groups in total. The van der Waals surface area contributed by atoms with E-state index in [0.29, 0.717) is 5.82 Å². The van der Waals surface area contributed by atoms with Gasteiger partial charge in [-0.3, -0.25) is 10.1 Å². The van der Waals surface area contributed by atoms with E-state index in [1.54, 1.807) is 24.3 Å². The molecule has 0 aliphatic carbocycles. The Hall–Kier alpha value is -4.04. The average Bonchev–Trinajstić information content (AvgIpc) is 2.75. The number of nitrogens with zero attached hydrogens (tertiary/aromatic N) is 3. The van der Waals surface area contributed by atoms with Crippen molar-refractivity contribution in [2.24, 2.45) is 0 Å². The molecule has 0 saturated heterocycles. The lowest BCUT2D eigenvalue weighted by Gasteiger charge is -2.09. The molecule has 4 aromatic rings. The number of anilines is 2. The Morgan fingerprint density at radius 2 is 1.80 bits per heavy atom. The predicted molar refractivity (Wildman–Crippen MR) is 112 cm³/mol. The number of carbonyl (C=O) groups is 1. The van der Waals surface area contributed by atoms with Crippen molar-refractivity contribution < 1.29 is 14.5 Å². The second-order valence-electron chi connectivity index (χ2n) is 6.20. The maximum atomic E-state index is 12.3. The highest BCUT2D eigenvalue weighted by molar-refractivity contribution is 6.32. The van der Waals surface area contributed by atoms with Gasteiger partial charge in [-0.1, -0.05) is 23.7 Å². The molecule has 0 aliphatic heterocycles. The van der Waals surface area contributed by atoms with E-state index in [4.69, 9.17) is 16.3 Å². The first-order valence-electron chi connectivity index (χ1n) is 8.74. The van der Waals surface area contributed by atoms with Crippen LogP contribution in [-0.4, -0.2) is 20.9 Å². The van der Waals surface area contributed by atoms with E-state index in [9.17, 15) is 14.9 Å². The lowest BCUT2D eigenvalue weighted by Crippen LogP contribution is -2.09. The number of para-hydroxylation sites is 1. The van der Waals surface area contributed by atoms with Crippen LogP contribution in [0.5, 0.6) is 5.75 Å². The van der Waals surface area contributed by atoms with Gasteiger partial charge in [-0.05, 0) is 48.5 Å². The minimum atomic E-state index is -0.725. The summed E-state index contributed by atoms with van der Waals surface area (Å²) in [4.78, 5) is 31.1. The third-order valence-corrected chi connectivity index (χ3v) is 4.57. The number of hydrogen-bond acceptors (Lipinski definition) is 7. The highest BCUT2D eigenvalue weighted by atomic mass is 35.5. The number of nitro benzene ring substituents is 1. The number of hydrogen-bond donors (Lipinski definition) is 1. The Labute approximate surface area is 175 Å². The number of benzene rings is 3. The fourth-order valence-electron chi connectivity index (χ4n) is 2.79. The maximum Gasteiger partial charge on any atom is 0.343 e. The fourth-order valence-corrected chi connectivity index (χ4v) is 2.98. The number of carbonyl (C=O) groups excluding carboxylic acids is 1. The SMILES string of the molecule is O=C(Oc1ccc(Nc2ncnc3ccccc23)cc1)c1ccc(Cl)c([N+](=O)[O-])c1. The number of esters is 1. The third-order valence-electron chi connectivity index (χ3n) is 4.25. The van der Waals surface area contributed by atoms with E-state index in [0.717, 1.165) is 22.7 Å². The summed E-state index contributed by atoms with van der Waals surface area (Å²) in [7, 11) is 0. The number of rotatable bonds is 5. The zero-order chi connectivity index (χ0) is 21.1. The molecule has 1 aromatic heterocycles. The molecule has 0 amide bonds. The predicted octanol–water partition coefficient (Wildman–Crippen LogP) is 5.15. The van der Waals surface area contributed by atoms with Crippen LogP contribution in [0, 0.1) is 10.1 Å². The van der Waals surface area contributed by atoms with Crippen molar-refractivity contribution in [2.45, 2.75) is 0 Å². The van der Waals surface area contributed by atoms with Crippen LogP contribution in [0.3, 0.4) is 0 Å². The Morgan fingerprint density at radius 3 is 2.57 bits per heavy atom. The molecule has 148 valence electrons. The second-order valence-corrected chi connectivity index (χ2v) is 6.61. The Kier molecular flexibility index (Phi) is 5.23. The van der Waals surface area contributed by atoms with Gasteiger partial charge in [0.25, 0.3) is 5.69 Å². The van der Waals surface area contributed by atoms with Gasteiger partial charge < -0.3 is 10.1 Å². The van der Waals surface area contributed by atoms with Crippen LogP contribution in [0.2, 0.25) is 5.02 Å². The van der Waals surface area contributed by atoms with Crippen molar-refractivity contribution in [3.05, 3.63) is 93.8 Å². The fraction of sp³-hybridized carbons (Fsp3) is 0. The molecule has 4 rings (SSSR count). The van der Waals surface area contributed by atoms with Crippen LogP contribution in [0.15, 0.2) is 73.1 Å². The van der Waals surface area contributed by atoms with E-state index in [1.165, 1.54) is 18.5 Å². The van der Waals surface area contributed by atoms with Crippen molar-refractivity contribution >= 4 is 45.7 Å². The van der Waals surface area contributed by atoms with Gasteiger partial charge in [-0.25, -0.2) is 14.8 Å². The largest absolute Gasteiger partial charge is 0.423 e. The quantitative estimate of drug-likeness (QED) is 0.206. The molecule has 30 heavy (non-hydrogen) atoms. The Balaban J connectivity index is 1.49. The molecule has 0 radical (unpaired) electrons. The van der Waals surface area contributed by atoms with Gasteiger partial charge >= 0.3 is 5.97 Å². The summed E-state index contributed by atoms with van der Waals surface area (Å²) < 4.78 is 5.29. The molecule has 0 spiro atoms. The minimum absolute atomic E-state index is 0.0285.